The molecule has 4 atom stereocenters. The lowest BCUT2D eigenvalue weighted by atomic mass is 9.81. The van der Waals surface area contributed by atoms with Crippen molar-refractivity contribution in [2.24, 2.45) is 23.7 Å². The first-order chi connectivity index (χ1) is 12.4. The van der Waals surface area contributed by atoms with E-state index in [2.05, 4.69) is 26.2 Å². The van der Waals surface area contributed by atoms with Gasteiger partial charge < -0.3 is 0 Å². The average molecular weight is 372 g/mol. The van der Waals surface area contributed by atoms with Gasteiger partial charge in [0.1, 0.15) is 0 Å². The van der Waals surface area contributed by atoms with Crippen molar-refractivity contribution in [2.45, 2.75) is 46.5 Å². The summed E-state index contributed by atoms with van der Waals surface area (Å²) in [5, 5.41) is 2.79. The van der Waals surface area contributed by atoms with Gasteiger partial charge >= 0.3 is 0 Å². The maximum absolute atomic E-state index is 12.9. The number of allylic oxidation sites excluding steroid dienone is 2. The normalized spacial score (nSPS) is 29.5. The number of hydrogen-bond donors (Lipinski definition) is 1. The number of fused-ring (bicyclic) bond motifs is 5. The zero-order valence-corrected chi connectivity index (χ0v) is 16.2. The molecule has 138 valence electrons. The Balaban J connectivity index is 1.53. The Morgan fingerprint density at radius 3 is 2.35 bits per heavy atom. The second kappa shape index (κ2) is 6.34. The van der Waals surface area contributed by atoms with E-state index in [1.54, 1.807) is 5.38 Å². The van der Waals surface area contributed by atoms with Gasteiger partial charge in [-0.05, 0) is 51.0 Å². The predicted octanol–water partition coefficient (Wildman–Crippen LogP) is 3.32. The van der Waals surface area contributed by atoms with Crippen LogP contribution in [0, 0.1) is 23.7 Å². The summed E-state index contributed by atoms with van der Waals surface area (Å²) in [6.07, 6.45) is 3.89. The molecule has 1 aromatic rings. The summed E-state index contributed by atoms with van der Waals surface area (Å²) in [7, 11) is 0. The zero-order valence-electron chi connectivity index (χ0n) is 15.4. The number of imide groups is 1. The molecule has 3 aliphatic rings. The highest BCUT2D eigenvalue weighted by Crippen LogP contribution is 2.59. The van der Waals surface area contributed by atoms with Crippen LogP contribution in [0.3, 0.4) is 0 Å². The molecule has 0 radical (unpaired) electrons. The summed E-state index contributed by atoms with van der Waals surface area (Å²) in [6, 6.07) is 1.85. The number of aryl methyl sites for hydroxylation is 1. The Kier molecular flexibility index (Phi) is 4.26. The van der Waals surface area contributed by atoms with E-state index in [1.165, 1.54) is 22.5 Å². The van der Waals surface area contributed by atoms with Crippen LogP contribution in [-0.4, -0.2) is 22.7 Å². The third kappa shape index (κ3) is 2.46. The Bertz CT molecular complexity index is 789. The summed E-state index contributed by atoms with van der Waals surface area (Å²) < 4.78 is 0. The van der Waals surface area contributed by atoms with Crippen molar-refractivity contribution >= 4 is 29.1 Å². The van der Waals surface area contributed by atoms with E-state index in [-0.39, 0.29) is 41.4 Å². The minimum atomic E-state index is -0.375. The molecular formula is C20H24N2O3S. The number of hydrogen-bond acceptors (Lipinski definition) is 4. The SMILES string of the molecule is CCCc1cc(C(=O)NN2C(=O)[C@@H]3[C@H](C2=O)[C@@H]2CC[C@H]3C2=C(C)C)cs1. The molecule has 6 heteroatoms. The molecule has 4 rings (SSSR count). The van der Waals surface area contributed by atoms with Gasteiger partial charge in [0.15, 0.2) is 0 Å². The molecule has 0 unspecified atom stereocenters. The van der Waals surface area contributed by atoms with Crippen molar-refractivity contribution in [3.8, 4) is 0 Å². The van der Waals surface area contributed by atoms with Gasteiger partial charge in [-0.15, -0.1) is 11.3 Å². The first-order valence-electron chi connectivity index (χ1n) is 9.37. The van der Waals surface area contributed by atoms with E-state index in [0.29, 0.717) is 5.56 Å². The van der Waals surface area contributed by atoms with E-state index in [9.17, 15) is 14.4 Å². The Labute approximate surface area is 157 Å². The summed E-state index contributed by atoms with van der Waals surface area (Å²) in [6.45, 7) is 6.23. The van der Waals surface area contributed by atoms with Crippen LogP contribution in [0.2, 0.25) is 0 Å². The van der Waals surface area contributed by atoms with E-state index < -0.39 is 0 Å². The summed E-state index contributed by atoms with van der Waals surface area (Å²) >= 11 is 1.54. The minimum Gasteiger partial charge on any atom is -0.272 e. The summed E-state index contributed by atoms with van der Waals surface area (Å²) in [4.78, 5) is 39.5. The van der Waals surface area contributed by atoms with Gasteiger partial charge in [0.2, 0.25) is 0 Å². The van der Waals surface area contributed by atoms with E-state index >= 15 is 0 Å². The fourth-order valence-corrected chi connectivity index (χ4v) is 6.12. The van der Waals surface area contributed by atoms with Crippen molar-refractivity contribution < 1.29 is 14.4 Å². The molecule has 26 heavy (non-hydrogen) atoms. The van der Waals surface area contributed by atoms with Crippen molar-refractivity contribution in [3.05, 3.63) is 33.0 Å². The van der Waals surface area contributed by atoms with Crippen LogP contribution >= 0.6 is 11.3 Å². The van der Waals surface area contributed by atoms with Gasteiger partial charge in [-0.1, -0.05) is 24.5 Å². The minimum absolute atomic E-state index is 0.172. The Morgan fingerprint density at radius 1 is 1.19 bits per heavy atom. The van der Waals surface area contributed by atoms with Crippen LogP contribution in [0.1, 0.15) is 55.3 Å². The molecule has 2 heterocycles. The standard InChI is InChI=1S/C20H24N2O3S/c1-4-5-12-8-11(9-26-12)18(23)21-22-19(24)16-13-6-7-14(15(13)10(2)3)17(16)20(22)25/h8-9,13-14,16-17H,4-7H2,1-3H3,(H,21,23)/t13-,14+,16-,17+. The van der Waals surface area contributed by atoms with Crippen molar-refractivity contribution in [3.63, 3.8) is 0 Å². The Hall–Kier alpha value is -1.95. The third-order valence-electron chi connectivity index (χ3n) is 6.06. The Morgan fingerprint density at radius 2 is 1.81 bits per heavy atom. The van der Waals surface area contributed by atoms with Gasteiger partial charge in [0.25, 0.3) is 17.7 Å². The fraction of sp³-hybridized carbons (Fsp3) is 0.550. The van der Waals surface area contributed by atoms with Crippen molar-refractivity contribution in [1.29, 1.82) is 0 Å². The van der Waals surface area contributed by atoms with E-state index in [0.717, 1.165) is 35.6 Å². The lowest BCUT2D eigenvalue weighted by molar-refractivity contribution is -0.143. The highest BCUT2D eigenvalue weighted by molar-refractivity contribution is 7.10. The molecule has 3 fully saturated rings. The number of hydrazine groups is 1. The second-order valence-electron chi connectivity index (χ2n) is 7.80. The van der Waals surface area contributed by atoms with Gasteiger partial charge in [0, 0.05) is 10.3 Å². The molecule has 2 aliphatic carbocycles. The second-order valence-corrected chi connectivity index (χ2v) is 8.80. The van der Waals surface area contributed by atoms with Crippen LogP contribution in [0.4, 0.5) is 0 Å². The monoisotopic (exact) mass is 372 g/mol. The number of amides is 3. The van der Waals surface area contributed by atoms with Crippen LogP contribution in [-0.2, 0) is 16.0 Å². The lowest BCUT2D eigenvalue weighted by Gasteiger charge is -2.19. The molecule has 1 aliphatic heterocycles. The smallest absolute Gasteiger partial charge is 0.271 e. The van der Waals surface area contributed by atoms with E-state index in [1.807, 2.05) is 6.07 Å². The quantitative estimate of drug-likeness (QED) is 0.651. The first-order valence-corrected chi connectivity index (χ1v) is 10.3. The number of rotatable bonds is 4. The molecule has 2 saturated carbocycles. The average Bonchev–Trinajstić information content (AvgIpc) is 3.34. The van der Waals surface area contributed by atoms with E-state index in [4.69, 9.17) is 0 Å². The molecule has 5 nitrogen and oxygen atoms in total. The fourth-order valence-electron chi connectivity index (χ4n) is 5.14. The number of thiophene rings is 1. The van der Waals surface area contributed by atoms with Crippen LogP contribution < -0.4 is 5.43 Å². The summed E-state index contributed by atoms with van der Waals surface area (Å²) in [5.74, 6) is -1.07. The number of carbonyl (C=O) groups excluding carboxylic acids is 3. The van der Waals surface area contributed by atoms with Crippen LogP contribution in [0.5, 0.6) is 0 Å². The molecular weight excluding hydrogens is 348 g/mol. The molecule has 3 amide bonds. The van der Waals surface area contributed by atoms with Gasteiger partial charge in [0.05, 0.1) is 17.4 Å². The molecule has 2 bridgehead atoms. The van der Waals surface area contributed by atoms with Crippen LogP contribution in [0.15, 0.2) is 22.6 Å². The third-order valence-corrected chi connectivity index (χ3v) is 7.05. The highest BCUT2D eigenvalue weighted by atomic mass is 32.1. The maximum Gasteiger partial charge on any atom is 0.271 e. The molecule has 1 aromatic heterocycles. The highest BCUT2D eigenvalue weighted by Gasteiger charge is 2.63. The zero-order chi connectivity index (χ0) is 18.6. The van der Waals surface area contributed by atoms with Gasteiger partial charge in [-0.2, -0.15) is 5.01 Å². The van der Waals surface area contributed by atoms with Gasteiger partial charge in [-0.3, -0.25) is 19.8 Å². The topological polar surface area (TPSA) is 66.5 Å². The van der Waals surface area contributed by atoms with Crippen molar-refractivity contribution in [2.75, 3.05) is 0 Å². The number of nitrogens with one attached hydrogen (secondary N) is 1. The number of carbonyl (C=O) groups is 3. The van der Waals surface area contributed by atoms with Gasteiger partial charge in [-0.25, -0.2) is 0 Å². The molecule has 0 spiro atoms. The molecule has 0 aromatic carbocycles. The predicted molar refractivity (Wildman–Crippen MR) is 99.2 cm³/mol. The lowest BCUT2D eigenvalue weighted by Crippen LogP contribution is -2.47. The summed E-state index contributed by atoms with van der Waals surface area (Å²) in [5.41, 5.74) is 5.65. The van der Waals surface area contributed by atoms with Crippen LogP contribution in [0.25, 0.3) is 0 Å². The molecule has 1 N–H and O–H groups in total. The first kappa shape index (κ1) is 17.5. The maximum atomic E-state index is 12.9. The largest absolute Gasteiger partial charge is 0.272 e. The molecule has 1 saturated heterocycles. The van der Waals surface area contributed by atoms with Crippen molar-refractivity contribution in [1.82, 2.24) is 10.4 Å². The number of nitrogens with zero attached hydrogens (tertiary/aromatic N) is 1.